The molecule has 1 saturated heterocycles. The van der Waals surface area contributed by atoms with E-state index in [1.54, 1.807) is 0 Å². The fourth-order valence-electron chi connectivity index (χ4n) is 3.97. The number of carbonyl (C=O) groups is 1. The molecule has 0 saturated carbocycles. The SMILES string of the molecule is Cc1ccc(OCCN2CCC3(CC2)C(=O)Nc2ccc(Cl)cc23)cc1. The van der Waals surface area contributed by atoms with Crippen molar-refractivity contribution >= 4 is 23.2 Å². The van der Waals surface area contributed by atoms with E-state index < -0.39 is 5.41 Å². The number of halogens is 1. The molecule has 0 unspecified atom stereocenters. The second-order valence-electron chi connectivity index (χ2n) is 7.23. The molecule has 1 amide bonds. The summed E-state index contributed by atoms with van der Waals surface area (Å²) in [6.45, 7) is 5.36. The van der Waals surface area contributed by atoms with Gasteiger partial charge in [-0.2, -0.15) is 0 Å². The second-order valence-corrected chi connectivity index (χ2v) is 7.67. The fraction of sp³-hybridized carbons (Fsp3) is 0.381. The van der Waals surface area contributed by atoms with Gasteiger partial charge < -0.3 is 10.1 Å². The van der Waals surface area contributed by atoms with Crippen molar-refractivity contribution in [3.05, 3.63) is 58.6 Å². The smallest absolute Gasteiger partial charge is 0.235 e. The summed E-state index contributed by atoms with van der Waals surface area (Å²) in [5.41, 5.74) is 2.78. The highest BCUT2D eigenvalue weighted by Crippen LogP contribution is 2.45. The number of amides is 1. The van der Waals surface area contributed by atoms with Crippen LogP contribution in [0.1, 0.15) is 24.0 Å². The lowest BCUT2D eigenvalue weighted by molar-refractivity contribution is -0.122. The lowest BCUT2D eigenvalue weighted by Crippen LogP contribution is -2.47. The lowest BCUT2D eigenvalue weighted by atomic mass is 9.73. The van der Waals surface area contributed by atoms with E-state index >= 15 is 0 Å². The van der Waals surface area contributed by atoms with Gasteiger partial charge in [0, 0.05) is 17.3 Å². The van der Waals surface area contributed by atoms with Crippen molar-refractivity contribution in [1.29, 1.82) is 0 Å². The number of aryl methyl sites for hydroxylation is 1. The Morgan fingerprint density at radius 1 is 1.15 bits per heavy atom. The Bertz CT molecular complexity index is 811. The Balaban J connectivity index is 1.35. The molecule has 0 aromatic heterocycles. The molecular formula is C21H23ClN2O2. The first-order chi connectivity index (χ1) is 12.6. The van der Waals surface area contributed by atoms with Crippen molar-refractivity contribution in [2.75, 3.05) is 31.6 Å². The highest BCUT2D eigenvalue weighted by Gasteiger charge is 2.48. The third-order valence-electron chi connectivity index (χ3n) is 5.59. The monoisotopic (exact) mass is 370 g/mol. The second kappa shape index (κ2) is 6.93. The van der Waals surface area contributed by atoms with Gasteiger partial charge in [0.25, 0.3) is 0 Å². The normalized spacial score (nSPS) is 18.6. The van der Waals surface area contributed by atoms with Crippen LogP contribution < -0.4 is 10.1 Å². The van der Waals surface area contributed by atoms with Crippen LogP contribution >= 0.6 is 11.6 Å². The van der Waals surface area contributed by atoms with E-state index in [0.717, 1.165) is 49.5 Å². The topological polar surface area (TPSA) is 41.6 Å². The predicted molar refractivity (Wildman–Crippen MR) is 104 cm³/mol. The number of carbonyl (C=O) groups excluding carboxylic acids is 1. The molecule has 136 valence electrons. The summed E-state index contributed by atoms with van der Waals surface area (Å²) in [4.78, 5) is 15.0. The molecule has 4 rings (SSSR count). The van der Waals surface area contributed by atoms with E-state index in [-0.39, 0.29) is 5.91 Å². The molecule has 2 aromatic carbocycles. The summed E-state index contributed by atoms with van der Waals surface area (Å²) < 4.78 is 5.84. The minimum Gasteiger partial charge on any atom is -0.492 e. The van der Waals surface area contributed by atoms with Crippen molar-refractivity contribution < 1.29 is 9.53 Å². The Kier molecular flexibility index (Phi) is 4.63. The number of benzene rings is 2. The maximum atomic E-state index is 12.7. The molecule has 1 N–H and O–H groups in total. The third kappa shape index (κ3) is 3.19. The Labute approximate surface area is 159 Å². The standard InChI is InChI=1S/C21H23ClN2O2/c1-15-2-5-17(6-3-15)26-13-12-24-10-8-21(9-11-24)18-14-16(22)4-7-19(18)23-20(21)25/h2-7,14H,8-13H2,1H3,(H,23,25). The Hall–Kier alpha value is -2.04. The average molecular weight is 371 g/mol. The van der Waals surface area contributed by atoms with E-state index in [2.05, 4.69) is 29.3 Å². The first-order valence-corrected chi connectivity index (χ1v) is 9.48. The number of nitrogens with one attached hydrogen (secondary N) is 1. The van der Waals surface area contributed by atoms with Gasteiger partial charge in [-0.1, -0.05) is 29.3 Å². The number of rotatable bonds is 4. The molecule has 1 fully saturated rings. The van der Waals surface area contributed by atoms with Gasteiger partial charge in [-0.3, -0.25) is 9.69 Å². The van der Waals surface area contributed by atoms with Gasteiger partial charge in [-0.05, 0) is 68.8 Å². The Morgan fingerprint density at radius 2 is 1.88 bits per heavy atom. The maximum Gasteiger partial charge on any atom is 0.235 e. The zero-order valence-corrected chi connectivity index (χ0v) is 15.7. The molecule has 2 aliphatic rings. The lowest BCUT2D eigenvalue weighted by Gasteiger charge is -2.37. The molecule has 5 heteroatoms. The molecule has 1 spiro atoms. The number of piperidine rings is 1. The van der Waals surface area contributed by atoms with Crippen molar-refractivity contribution in [3.63, 3.8) is 0 Å². The highest BCUT2D eigenvalue weighted by molar-refractivity contribution is 6.31. The van der Waals surface area contributed by atoms with Crippen LogP contribution in [0, 0.1) is 6.92 Å². The van der Waals surface area contributed by atoms with Gasteiger partial charge in [0.15, 0.2) is 0 Å². The summed E-state index contributed by atoms with van der Waals surface area (Å²) in [6.07, 6.45) is 1.63. The van der Waals surface area contributed by atoms with Crippen molar-refractivity contribution in [2.45, 2.75) is 25.2 Å². The van der Waals surface area contributed by atoms with Gasteiger partial charge >= 0.3 is 0 Å². The number of ether oxygens (including phenoxy) is 1. The van der Waals surface area contributed by atoms with E-state index in [4.69, 9.17) is 16.3 Å². The zero-order chi connectivity index (χ0) is 18.1. The minimum absolute atomic E-state index is 0.116. The summed E-state index contributed by atoms with van der Waals surface area (Å²) in [6, 6.07) is 13.8. The third-order valence-corrected chi connectivity index (χ3v) is 5.82. The first-order valence-electron chi connectivity index (χ1n) is 9.10. The predicted octanol–water partition coefficient (Wildman–Crippen LogP) is 4.01. The Morgan fingerprint density at radius 3 is 2.62 bits per heavy atom. The molecule has 0 radical (unpaired) electrons. The number of likely N-dealkylation sites (tertiary alicyclic amines) is 1. The van der Waals surface area contributed by atoms with Gasteiger partial charge in [0.1, 0.15) is 12.4 Å². The molecule has 26 heavy (non-hydrogen) atoms. The summed E-state index contributed by atoms with van der Waals surface area (Å²) >= 11 is 6.17. The quantitative estimate of drug-likeness (QED) is 0.884. The summed E-state index contributed by atoms with van der Waals surface area (Å²) in [5, 5.41) is 3.72. The van der Waals surface area contributed by atoms with Gasteiger partial charge in [0.2, 0.25) is 5.91 Å². The molecule has 2 aliphatic heterocycles. The van der Waals surface area contributed by atoms with Crippen LogP contribution in [-0.2, 0) is 10.2 Å². The molecular weight excluding hydrogens is 348 g/mol. The van der Waals surface area contributed by atoms with Gasteiger partial charge in [-0.25, -0.2) is 0 Å². The molecule has 4 nitrogen and oxygen atoms in total. The van der Waals surface area contributed by atoms with E-state index in [1.807, 2.05) is 30.3 Å². The first kappa shape index (κ1) is 17.4. The van der Waals surface area contributed by atoms with E-state index in [0.29, 0.717) is 11.6 Å². The van der Waals surface area contributed by atoms with Crippen LogP contribution in [0.3, 0.4) is 0 Å². The number of hydrogen-bond acceptors (Lipinski definition) is 3. The van der Waals surface area contributed by atoms with Crippen LogP contribution in [0.5, 0.6) is 5.75 Å². The van der Waals surface area contributed by atoms with Crippen molar-refractivity contribution in [2.24, 2.45) is 0 Å². The maximum absolute atomic E-state index is 12.7. The number of anilines is 1. The molecule has 0 bridgehead atoms. The number of fused-ring (bicyclic) bond motifs is 2. The largest absolute Gasteiger partial charge is 0.492 e. The van der Waals surface area contributed by atoms with Gasteiger partial charge in [-0.15, -0.1) is 0 Å². The molecule has 2 heterocycles. The van der Waals surface area contributed by atoms with Crippen LogP contribution in [-0.4, -0.2) is 37.0 Å². The number of hydrogen-bond donors (Lipinski definition) is 1. The molecule has 0 atom stereocenters. The van der Waals surface area contributed by atoms with Crippen LogP contribution in [0.2, 0.25) is 5.02 Å². The average Bonchev–Trinajstić information content (AvgIpc) is 2.90. The highest BCUT2D eigenvalue weighted by atomic mass is 35.5. The van der Waals surface area contributed by atoms with Crippen LogP contribution in [0.15, 0.2) is 42.5 Å². The molecule has 2 aromatic rings. The van der Waals surface area contributed by atoms with Gasteiger partial charge in [0.05, 0.1) is 5.41 Å². The van der Waals surface area contributed by atoms with Crippen LogP contribution in [0.4, 0.5) is 5.69 Å². The minimum atomic E-state index is -0.422. The molecule has 0 aliphatic carbocycles. The van der Waals surface area contributed by atoms with Crippen molar-refractivity contribution in [1.82, 2.24) is 4.90 Å². The van der Waals surface area contributed by atoms with Crippen LogP contribution in [0.25, 0.3) is 0 Å². The van der Waals surface area contributed by atoms with E-state index in [1.165, 1.54) is 5.56 Å². The summed E-state index contributed by atoms with van der Waals surface area (Å²) in [5.74, 6) is 1.02. The number of nitrogens with zero attached hydrogens (tertiary/aromatic N) is 1. The summed E-state index contributed by atoms with van der Waals surface area (Å²) in [7, 11) is 0. The van der Waals surface area contributed by atoms with Crippen molar-refractivity contribution in [3.8, 4) is 5.75 Å². The fourth-order valence-corrected chi connectivity index (χ4v) is 4.14. The zero-order valence-electron chi connectivity index (χ0n) is 14.9. The van der Waals surface area contributed by atoms with E-state index in [9.17, 15) is 4.79 Å².